The van der Waals surface area contributed by atoms with Gasteiger partial charge in [-0.15, -0.1) is 0 Å². The van der Waals surface area contributed by atoms with Crippen molar-refractivity contribution in [3.63, 3.8) is 0 Å². The Morgan fingerprint density at radius 3 is 2.39 bits per heavy atom. The molecule has 0 atom stereocenters. The van der Waals surface area contributed by atoms with Crippen molar-refractivity contribution in [3.05, 3.63) is 59.2 Å². The molecule has 0 N–H and O–H groups in total. The van der Waals surface area contributed by atoms with Gasteiger partial charge in [-0.05, 0) is 41.3 Å². The second-order valence-electron chi connectivity index (χ2n) is 5.83. The van der Waals surface area contributed by atoms with Crippen molar-refractivity contribution in [1.29, 1.82) is 0 Å². The molecule has 0 unspecified atom stereocenters. The molecule has 0 saturated heterocycles. The van der Waals surface area contributed by atoms with Gasteiger partial charge < -0.3 is 9.64 Å². The number of carbonyl (C=O) groups is 1. The molecule has 0 aliphatic carbocycles. The summed E-state index contributed by atoms with van der Waals surface area (Å²) in [6, 6.07) is 12.3. The predicted octanol–water partition coefficient (Wildman–Crippen LogP) is 4.57. The van der Waals surface area contributed by atoms with E-state index in [9.17, 15) is 13.6 Å². The first-order valence-electron chi connectivity index (χ1n) is 7.45. The lowest BCUT2D eigenvalue weighted by Gasteiger charge is -2.16. The van der Waals surface area contributed by atoms with Gasteiger partial charge in [-0.25, -0.2) is 0 Å². The number of hydrogen-bond acceptors (Lipinski definition) is 2. The van der Waals surface area contributed by atoms with Gasteiger partial charge in [-0.3, -0.25) is 4.79 Å². The van der Waals surface area contributed by atoms with E-state index in [-0.39, 0.29) is 11.7 Å². The zero-order chi connectivity index (χ0) is 16.6. The summed E-state index contributed by atoms with van der Waals surface area (Å²) in [5.41, 5.74) is 3.22. The molecule has 0 fully saturated rings. The first kappa shape index (κ1) is 15.5. The summed E-state index contributed by atoms with van der Waals surface area (Å²) >= 11 is 0. The van der Waals surface area contributed by atoms with E-state index >= 15 is 0 Å². The molecule has 2 aromatic carbocycles. The minimum Gasteiger partial charge on any atom is -0.435 e. The monoisotopic (exact) mass is 317 g/mol. The van der Waals surface area contributed by atoms with Crippen LogP contribution in [0.3, 0.4) is 0 Å². The van der Waals surface area contributed by atoms with Gasteiger partial charge >= 0.3 is 6.61 Å². The van der Waals surface area contributed by atoms with Crippen LogP contribution in [0.25, 0.3) is 0 Å². The molecule has 5 heteroatoms. The van der Waals surface area contributed by atoms with Gasteiger partial charge in [0.1, 0.15) is 5.75 Å². The molecule has 0 bridgehead atoms. The quantitative estimate of drug-likeness (QED) is 0.826. The Balaban J connectivity index is 1.85. The fourth-order valence-electron chi connectivity index (χ4n) is 2.70. The van der Waals surface area contributed by atoms with Crippen molar-refractivity contribution < 1.29 is 18.3 Å². The number of amides is 1. The van der Waals surface area contributed by atoms with E-state index in [4.69, 9.17) is 0 Å². The van der Waals surface area contributed by atoms with E-state index in [1.807, 2.05) is 24.3 Å². The molecular weight excluding hydrogens is 300 g/mol. The summed E-state index contributed by atoms with van der Waals surface area (Å²) in [7, 11) is 0. The molecule has 120 valence electrons. The van der Waals surface area contributed by atoms with Crippen LogP contribution in [0.1, 0.15) is 41.3 Å². The average Bonchev–Trinajstić information content (AvgIpc) is 2.84. The Morgan fingerprint density at radius 2 is 1.78 bits per heavy atom. The first-order valence-corrected chi connectivity index (χ1v) is 7.45. The number of ether oxygens (including phenoxy) is 1. The van der Waals surface area contributed by atoms with Gasteiger partial charge in [0.2, 0.25) is 0 Å². The Kier molecular flexibility index (Phi) is 4.03. The summed E-state index contributed by atoms with van der Waals surface area (Å²) in [6.07, 6.45) is 0. The maximum absolute atomic E-state index is 12.5. The van der Waals surface area contributed by atoms with Crippen LogP contribution in [0.5, 0.6) is 5.75 Å². The number of halogens is 2. The van der Waals surface area contributed by atoms with Crippen molar-refractivity contribution in [3.8, 4) is 5.75 Å². The molecule has 0 spiro atoms. The van der Waals surface area contributed by atoms with Crippen LogP contribution in [0.15, 0.2) is 42.5 Å². The molecule has 0 saturated carbocycles. The predicted molar refractivity (Wildman–Crippen MR) is 84.1 cm³/mol. The molecule has 23 heavy (non-hydrogen) atoms. The summed E-state index contributed by atoms with van der Waals surface area (Å²) in [5, 5.41) is 0. The minimum atomic E-state index is -2.90. The summed E-state index contributed by atoms with van der Waals surface area (Å²) < 4.78 is 29.0. The smallest absolute Gasteiger partial charge is 0.387 e. The highest BCUT2D eigenvalue weighted by molar-refractivity contribution is 6.10. The highest BCUT2D eigenvalue weighted by Gasteiger charge is 2.29. The van der Waals surface area contributed by atoms with E-state index in [2.05, 4.69) is 18.6 Å². The number of rotatable bonds is 4. The van der Waals surface area contributed by atoms with Crippen molar-refractivity contribution in [2.24, 2.45) is 0 Å². The van der Waals surface area contributed by atoms with E-state index in [0.29, 0.717) is 18.0 Å². The summed E-state index contributed by atoms with van der Waals surface area (Å²) in [4.78, 5) is 14.2. The van der Waals surface area contributed by atoms with Gasteiger partial charge in [0.25, 0.3) is 5.91 Å². The van der Waals surface area contributed by atoms with Gasteiger partial charge in [0.15, 0.2) is 0 Å². The maximum atomic E-state index is 12.5. The number of nitrogens with zero attached hydrogens (tertiary/aromatic N) is 1. The molecule has 0 radical (unpaired) electrons. The number of alkyl halides is 2. The standard InChI is InChI=1S/C18H17F2NO2/c1-11(2)12-3-6-14(7-4-12)21-10-13-5-8-15(23-18(19)20)9-16(13)17(21)22/h3-9,11,18H,10H2,1-2H3. The Hall–Kier alpha value is -2.43. The van der Waals surface area contributed by atoms with Crippen molar-refractivity contribution in [1.82, 2.24) is 0 Å². The van der Waals surface area contributed by atoms with Crippen molar-refractivity contribution >= 4 is 11.6 Å². The van der Waals surface area contributed by atoms with Crippen LogP contribution in [0, 0.1) is 0 Å². The van der Waals surface area contributed by atoms with Gasteiger partial charge in [0.05, 0.1) is 6.54 Å². The summed E-state index contributed by atoms with van der Waals surface area (Å²) in [6.45, 7) is 1.75. The lowest BCUT2D eigenvalue weighted by Crippen LogP contribution is -2.22. The van der Waals surface area contributed by atoms with Crippen LogP contribution >= 0.6 is 0 Å². The second-order valence-corrected chi connectivity index (χ2v) is 5.83. The SMILES string of the molecule is CC(C)c1ccc(N2Cc3ccc(OC(F)F)cc3C2=O)cc1. The van der Waals surface area contributed by atoms with Gasteiger partial charge in [-0.1, -0.05) is 32.0 Å². The minimum absolute atomic E-state index is 0.00380. The van der Waals surface area contributed by atoms with Crippen LogP contribution < -0.4 is 9.64 Å². The molecule has 1 aliphatic rings. The molecule has 0 aromatic heterocycles. The van der Waals surface area contributed by atoms with Crippen LogP contribution in [-0.2, 0) is 6.54 Å². The largest absolute Gasteiger partial charge is 0.435 e. The number of fused-ring (bicyclic) bond motifs is 1. The Bertz CT molecular complexity index is 726. The van der Waals surface area contributed by atoms with E-state index in [0.717, 1.165) is 11.3 Å². The van der Waals surface area contributed by atoms with Crippen molar-refractivity contribution in [2.45, 2.75) is 32.9 Å². The third-order valence-electron chi connectivity index (χ3n) is 3.98. The first-order chi connectivity index (χ1) is 11.0. The fourth-order valence-corrected chi connectivity index (χ4v) is 2.70. The molecule has 1 aliphatic heterocycles. The van der Waals surface area contributed by atoms with Crippen molar-refractivity contribution in [2.75, 3.05) is 4.90 Å². The van der Waals surface area contributed by atoms with E-state index < -0.39 is 6.61 Å². The molecule has 1 amide bonds. The maximum Gasteiger partial charge on any atom is 0.387 e. The number of carbonyl (C=O) groups excluding carboxylic acids is 1. The van der Waals surface area contributed by atoms with Crippen LogP contribution in [0.4, 0.5) is 14.5 Å². The van der Waals surface area contributed by atoms with E-state index in [1.54, 1.807) is 11.0 Å². The number of benzene rings is 2. The summed E-state index contributed by atoms with van der Waals surface area (Å²) in [5.74, 6) is 0.227. The Morgan fingerprint density at radius 1 is 1.09 bits per heavy atom. The third kappa shape index (κ3) is 3.04. The van der Waals surface area contributed by atoms with E-state index in [1.165, 1.54) is 17.7 Å². The molecule has 2 aromatic rings. The normalized spacial score (nSPS) is 13.8. The third-order valence-corrected chi connectivity index (χ3v) is 3.98. The molecule has 3 nitrogen and oxygen atoms in total. The zero-order valence-corrected chi connectivity index (χ0v) is 12.9. The van der Waals surface area contributed by atoms with Crippen LogP contribution in [0.2, 0.25) is 0 Å². The number of hydrogen-bond donors (Lipinski definition) is 0. The van der Waals surface area contributed by atoms with Gasteiger partial charge in [-0.2, -0.15) is 8.78 Å². The number of anilines is 1. The molecule has 1 heterocycles. The lowest BCUT2D eigenvalue weighted by molar-refractivity contribution is -0.0498. The highest BCUT2D eigenvalue weighted by Crippen LogP contribution is 2.31. The molecular formula is C18H17F2NO2. The highest BCUT2D eigenvalue weighted by atomic mass is 19.3. The second kappa shape index (κ2) is 5.99. The van der Waals surface area contributed by atoms with Crippen LogP contribution in [-0.4, -0.2) is 12.5 Å². The molecule has 3 rings (SSSR count). The zero-order valence-electron chi connectivity index (χ0n) is 12.9. The fraction of sp³-hybridized carbons (Fsp3) is 0.278. The average molecular weight is 317 g/mol. The Labute approximate surface area is 133 Å². The van der Waals surface area contributed by atoms with Gasteiger partial charge in [0, 0.05) is 11.3 Å². The lowest BCUT2D eigenvalue weighted by atomic mass is 10.0. The topological polar surface area (TPSA) is 29.5 Å².